The summed E-state index contributed by atoms with van der Waals surface area (Å²) in [6.07, 6.45) is 8.32. The van der Waals surface area contributed by atoms with E-state index in [4.69, 9.17) is 5.11 Å². The van der Waals surface area contributed by atoms with Crippen LogP contribution in [0.1, 0.15) is 34.8 Å². The van der Waals surface area contributed by atoms with E-state index >= 15 is 0 Å². The van der Waals surface area contributed by atoms with Crippen molar-refractivity contribution in [3.63, 3.8) is 0 Å². The Labute approximate surface area is 139 Å². The fourth-order valence-electron chi connectivity index (χ4n) is 2.79. The van der Waals surface area contributed by atoms with Crippen molar-refractivity contribution in [1.82, 2.24) is 19.7 Å². The molecule has 0 aliphatic carbocycles. The highest BCUT2D eigenvalue weighted by atomic mass is 16.4. The van der Waals surface area contributed by atoms with Gasteiger partial charge in [-0.25, -0.2) is 14.5 Å². The topological polar surface area (TPSA) is 88.3 Å². The molecule has 2 heterocycles. The van der Waals surface area contributed by atoms with Crippen LogP contribution < -0.4 is 0 Å². The fraction of sp³-hybridized carbons (Fsp3) is 0.294. The van der Waals surface area contributed by atoms with Gasteiger partial charge in [-0.05, 0) is 36.6 Å². The van der Waals surface area contributed by atoms with Crippen molar-refractivity contribution in [2.75, 3.05) is 13.1 Å². The van der Waals surface area contributed by atoms with Gasteiger partial charge in [0.05, 0.1) is 11.6 Å². The van der Waals surface area contributed by atoms with Gasteiger partial charge in [-0.3, -0.25) is 4.79 Å². The Balaban J connectivity index is 1.62. The maximum atomic E-state index is 12.4. The molecule has 1 aromatic heterocycles. The van der Waals surface area contributed by atoms with Gasteiger partial charge < -0.3 is 10.0 Å². The smallest absolute Gasteiger partial charge is 0.335 e. The van der Waals surface area contributed by atoms with Crippen molar-refractivity contribution >= 4 is 18.0 Å². The molecule has 24 heavy (non-hydrogen) atoms. The molecule has 1 N–H and O–H groups in total. The van der Waals surface area contributed by atoms with Crippen LogP contribution in [0.15, 0.2) is 43.0 Å². The molecule has 1 atom stereocenters. The van der Waals surface area contributed by atoms with E-state index in [0.717, 1.165) is 24.9 Å². The number of carbonyl (C=O) groups is 2. The predicted molar refractivity (Wildman–Crippen MR) is 87.3 cm³/mol. The molecule has 124 valence electrons. The number of carbonyl (C=O) groups excluding carboxylic acids is 1. The van der Waals surface area contributed by atoms with E-state index in [1.165, 1.54) is 24.5 Å². The summed E-state index contributed by atoms with van der Waals surface area (Å²) >= 11 is 0. The Morgan fingerprint density at radius 2 is 2.04 bits per heavy atom. The highest BCUT2D eigenvalue weighted by Gasteiger charge is 2.23. The lowest BCUT2D eigenvalue weighted by Gasteiger charge is -2.31. The van der Waals surface area contributed by atoms with Crippen molar-refractivity contribution in [3.05, 3.63) is 54.1 Å². The molecule has 1 aliphatic rings. The molecule has 1 saturated heterocycles. The molecule has 1 fully saturated rings. The van der Waals surface area contributed by atoms with E-state index in [1.54, 1.807) is 34.1 Å². The summed E-state index contributed by atoms with van der Waals surface area (Å²) in [5.74, 6) is -1.02. The number of nitrogens with zero attached hydrogens (tertiary/aromatic N) is 4. The van der Waals surface area contributed by atoms with Crippen molar-refractivity contribution in [2.24, 2.45) is 0 Å². The van der Waals surface area contributed by atoms with Gasteiger partial charge in [0.15, 0.2) is 0 Å². The van der Waals surface area contributed by atoms with Crippen LogP contribution in [0.2, 0.25) is 0 Å². The van der Waals surface area contributed by atoms with Crippen LogP contribution >= 0.6 is 0 Å². The zero-order valence-electron chi connectivity index (χ0n) is 13.1. The number of amides is 1. The van der Waals surface area contributed by atoms with Crippen molar-refractivity contribution in [3.8, 4) is 0 Å². The molecule has 0 radical (unpaired) electrons. The first-order chi connectivity index (χ1) is 11.6. The number of aromatic carboxylic acids is 1. The van der Waals surface area contributed by atoms with Crippen LogP contribution in [0.5, 0.6) is 0 Å². The number of carboxylic acid groups (broad SMARTS) is 1. The Morgan fingerprint density at radius 1 is 1.25 bits per heavy atom. The predicted octanol–water partition coefficient (Wildman–Crippen LogP) is 1.85. The minimum atomic E-state index is -0.964. The number of hydrogen-bond donors (Lipinski definition) is 1. The average Bonchev–Trinajstić information content (AvgIpc) is 3.15. The maximum absolute atomic E-state index is 12.4. The molecule has 3 rings (SSSR count). The van der Waals surface area contributed by atoms with Crippen LogP contribution in [0.3, 0.4) is 0 Å². The van der Waals surface area contributed by atoms with E-state index in [9.17, 15) is 9.59 Å². The highest BCUT2D eigenvalue weighted by Crippen LogP contribution is 2.20. The van der Waals surface area contributed by atoms with Gasteiger partial charge in [-0.2, -0.15) is 5.10 Å². The van der Waals surface area contributed by atoms with Gasteiger partial charge in [-0.1, -0.05) is 12.1 Å². The normalized spacial score (nSPS) is 18.0. The van der Waals surface area contributed by atoms with E-state index in [-0.39, 0.29) is 17.5 Å². The maximum Gasteiger partial charge on any atom is 0.335 e. The molecule has 0 saturated carbocycles. The first-order valence-corrected chi connectivity index (χ1v) is 7.78. The van der Waals surface area contributed by atoms with Gasteiger partial charge in [0.1, 0.15) is 12.7 Å². The third-order valence-electron chi connectivity index (χ3n) is 4.09. The van der Waals surface area contributed by atoms with Gasteiger partial charge in [0, 0.05) is 19.2 Å². The van der Waals surface area contributed by atoms with E-state index in [2.05, 4.69) is 10.1 Å². The lowest BCUT2D eigenvalue weighted by molar-refractivity contribution is -0.127. The van der Waals surface area contributed by atoms with Gasteiger partial charge in [-0.15, -0.1) is 0 Å². The minimum absolute atomic E-state index is 0.0536. The Hall–Kier alpha value is -2.96. The molecule has 1 aliphatic heterocycles. The lowest BCUT2D eigenvalue weighted by Crippen LogP contribution is -2.40. The van der Waals surface area contributed by atoms with E-state index < -0.39 is 5.97 Å². The molecule has 0 bridgehead atoms. The number of piperidine rings is 1. The summed E-state index contributed by atoms with van der Waals surface area (Å²) in [7, 11) is 0. The van der Waals surface area contributed by atoms with Crippen LogP contribution in [0, 0.1) is 0 Å². The second-order valence-electron chi connectivity index (χ2n) is 5.72. The first-order valence-electron chi connectivity index (χ1n) is 7.78. The standard InChI is InChI=1S/C17H18N4O3/c22-16(8-5-13-3-6-14(7-4-13)17(23)24)20-9-1-2-15(10-20)21-12-18-11-19-21/h3-8,11-12,15H,1-2,9-10H2,(H,23,24)/b8-5+. The SMILES string of the molecule is O=C(O)c1ccc(/C=C/C(=O)N2CCCC(n3cncn3)C2)cc1. The molecule has 7 heteroatoms. The number of hydrogen-bond acceptors (Lipinski definition) is 4. The number of aromatic nitrogens is 3. The van der Waals surface area contributed by atoms with E-state index in [1.807, 2.05) is 0 Å². The molecule has 0 spiro atoms. The van der Waals surface area contributed by atoms with Crippen LogP contribution in [-0.4, -0.2) is 49.7 Å². The number of rotatable bonds is 4. The largest absolute Gasteiger partial charge is 0.478 e. The molecule has 2 aromatic rings. The van der Waals surface area contributed by atoms with Gasteiger partial charge in [0.2, 0.25) is 5.91 Å². The van der Waals surface area contributed by atoms with Crippen molar-refractivity contribution in [2.45, 2.75) is 18.9 Å². The molecule has 1 unspecified atom stereocenters. The zero-order valence-corrected chi connectivity index (χ0v) is 13.1. The number of benzene rings is 1. The summed E-state index contributed by atoms with van der Waals surface area (Å²) in [6.45, 7) is 1.34. The van der Waals surface area contributed by atoms with Crippen molar-refractivity contribution in [1.29, 1.82) is 0 Å². The summed E-state index contributed by atoms with van der Waals surface area (Å²) in [5.41, 5.74) is 1.02. The first kappa shape index (κ1) is 15.9. The Morgan fingerprint density at radius 3 is 2.71 bits per heavy atom. The molecule has 1 amide bonds. The van der Waals surface area contributed by atoms with Crippen molar-refractivity contribution < 1.29 is 14.7 Å². The quantitative estimate of drug-likeness (QED) is 0.866. The highest BCUT2D eigenvalue weighted by molar-refractivity contribution is 5.92. The van der Waals surface area contributed by atoms with Crippen LogP contribution in [0.25, 0.3) is 6.08 Å². The summed E-state index contributed by atoms with van der Waals surface area (Å²) in [4.78, 5) is 28.9. The van der Waals surface area contributed by atoms with Crippen LogP contribution in [0.4, 0.5) is 0 Å². The van der Waals surface area contributed by atoms with Gasteiger partial charge in [0.25, 0.3) is 0 Å². The zero-order chi connectivity index (χ0) is 16.9. The number of carboxylic acids is 1. The third kappa shape index (κ3) is 3.68. The monoisotopic (exact) mass is 326 g/mol. The summed E-state index contributed by atoms with van der Waals surface area (Å²) < 4.78 is 1.80. The molecular weight excluding hydrogens is 308 g/mol. The van der Waals surface area contributed by atoms with Gasteiger partial charge >= 0.3 is 5.97 Å². The Bertz CT molecular complexity index is 738. The summed E-state index contributed by atoms with van der Waals surface area (Å²) in [5, 5.41) is 13.0. The second-order valence-corrected chi connectivity index (χ2v) is 5.72. The molecular formula is C17H18N4O3. The summed E-state index contributed by atoms with van der Waals surface area (Å²) in [6, 6.07) is 6.57. The lowest BCUT2D eigenvalue weighted by atomic mass is 10.1. The fourth-order valence-corrected chi connectivity index (χ4v) is 2.79. The molecule has 1 aromatic carbocycles. The van der Waals surface area contributed by atoms with E-state index in [0.29, 0.717) is 6.54 Å². The molecule has 7 nitrogen and oxygen atoms in total. The number of likely N-dealkylation sites (tertiary alicyclic amines) is 1. The third-order valence-corrected chi connectivity index (χ3v) is 4.09. The minimum Gasteiger partial charge on any atom is -0.478 e. The average molecular weight is 326 g/mol. The second kappa shape index (κ2) is 7.08. The van der Waals surface area contributed by atoms with Crippen LogP contribution in [-0.2, 0) is 4.79 Å². The Kier molecular flexibility index (Phi) is 4.69.